The second kappa shape index (κ2) is 6.28. The summed E-state index contributed by atoms with van der Waals surface area (Å²) in [5, 5.41) is 0. The van der Waals surface area contributed by atoms with E-state index < -0.39 is 0 Å². The highest BCUT2D eigenvalue weighted by Gasteiger charge is 2.06. The molecule has 0 bridgehead atoms. The Morgan fingerprint density at radius 2 is 1.80 bits per heavy atom. The van der Waals surface area contributed by atoms with Crippen LogP contribution in [0.5, 0.6) is 17.2 Å². The average Bonchev–Trinajstić information content (AvgIpc) is 2.43. The molecule has 0 unspecified atom stereocenters. The number of anilines is 1. The van der Waals surface area contributed by atoms with Crippen LogP contribution >= 0.6 is 0 Å². The minimum Gasteiger partial charge on any atom is -0.491 e. The second-order valence-corrected chi connectivity index (χ2v) is 4.56. The van der Waals surface area contributed by atoms with Gasteiger partial charge in [-0.3, -0.25) is 0 Å². The Kier molecular flexibility index (Phi) is 4.45. The van der Waals surface area contributed by atoms with Crippen molar-refractivity contribution in [2.24, 2.45) is 0 Å². The molecule has 20 heavy (non-hydrogen) atoms. The second-order valence-electron chi connectivity index (χ2n) is 4.56. The fourth-order valence-electron chi connectivity index (χ4n) is 1.69. The summed E-state index contributed by atoms with van der Waals surface area (Å²) in [5.41, 5.74) is 6.97. The summed E-state index contributed by atoms with van der Waals surface area (Å²) in [6.45, 7) is 4.32. The first-order chi connectivity index (χ1) is 9.60. The predicted octanol–water partition coefficient (Wildman–Crippen LogP) is 4.30. The van der Waals surface area contributed by atoms with Crippen molar-refractivity contribution in [1.82, 2.24) is 0 Å². The van der Waals surface area contributed by atoms with Gasteiger partial charge in [0.2, 0.25) is 0 Å². The van der Waals surface area contributed by atoms with Crippen molar-refractivity contribution in [1.29, 1.82) is 0 Å². The summed E-state index contributed by atoms with van der Waals surface area (Å²) in [5.74, 6) is 1.30. The third-order valence-corrected chi connectivity index (χ3v) is 2.83. The van der Waals surface area contributed by atoms with Crippen molar-refractivity contribution in [2.75, 3.05) is 12.3 Å². The van der Waals surface area contributed by atoms with Gasteiger partial charge in [-0.1, -0.05) is 13.0 Å². The average molecular weight is 275 g/mol. The maximum absolute atomic E-state index is 13.5. The van der Waals surface area contributed by atoms with Crippen molar-refractivity contribution in [3.05, 3.63) is 47.8 Å². The topological polar surface area (TPSA) is 44.5 Å². The summed E-state index contributed by atoms with van der Waals surface area (Å²) in [6, 6.07) is 9.91. The van der Waals surface area contributed by atoms with Gasteiger partial charge in [-0.05, 0) is 37.1 Å². The van der Waals surface area contributed by atoms with E-state index >= 15 is 0 Å². The van der Waals surface area contributed by atoms with Gasteiger partial charge in [0.15, 0.2) is 0 Å². The lowest BCUT2D eigenvalue weighted by Gasteiger charge is -2.11. The van der Waals surface area contributed by atoms with Crippen LogP contribution in [0.3, 0.4) is 0 Å². The molecule has 0 amide bonds. The van der Waals surface area contributed by atoms with E-state index in [1.807, 2.05) is 6.92 Å². The molecular formula is C16H18FNO2. The van der Waals surface area contributed by atoms with Gasteiger partial charge in [-0.25, -0.2) is 4.39 Å². The first-order valence-electron chi connectivity index (χ1n) is 6.56. The van der Waals surface area contributed by atoms with Gasteiger partial charge in [-0.15, -0.1) is 0 Å². The number of halogens is 1. The minimum atomic E-state index is -0.291. The van der Waals surface area contributed by atoms with E-state index in [1.54, 1.807) is 37.3 Å². The zero-order valence-electron chi connectivity index (χ0n) is 11.7. The fourth-order valence-corrected chi connectivity index (χ4v) is 1.69. The molecule has 4 heteroatoms. The number of hydrogen-bond acceptors (Lipinski definition) is 3. The van der Waals surface area contributed by atoms with Crippen molar-refractivity contribution >= 4 is 5.69 Å². The van der Waals surface area contributed by atoms with E-state index in [1.165, 1.54) is 6.07 Å². The van der Waals surface area contributed by atoms with Gasteiger partial charge in [0, 0.05) is 12.1 Å². The molecule has 2 N–H and O–H groups in total. The Labute approximate surface area is 118 Å². The van der Waals surface area contributed by atoms with Crippen LogP contribution in [0.15, 0.2) is 36.4 Å². The molecule has 0 fully saturated rings. The molecule has 2 aromatic carbocycles. The number of rotatable bonds is 5. The first-order valence-corrected chi connectivity index (χ1v) is 6.56. The lowest BCUT2D eigenvalue weighted by Crippen LogP contribution is -1.99. The lowest BCUT2D eigenvalue weighted by atomic mass is 10.2. The number of ether oxygens (including phenoxy) is 2. The van der Waals surface area contributed by atoms with Gasteiger partial charge in [0.05, 0.1) is 12.3 Å². The SMILES string of the molecule is CCCOc1cc(Oc2ccc(C)c(F)c2)ccc1N. The third kappa shape index (κ3) is 3.41. The Balaban J connectivity index is 2.18. The Hall–Kier alpha value is -2.23. The zero-order chi connectivity index (χ0) is 14.5. The molecule has 3 nitrogen and oxygen atoms in total. The largest absolute Gasteiger partial charge is 0.491 e. The van der Waals surface area contributed by atoms with Crippen LogP contribution in [0.4, 0.5) is 10.1 Å². The molecule has 0 saturated heterocycles. The van der Waals surface area contributed by atoms with Gasteiger partial charge in [-0.2, -0.15) is 0 Å². The summed E-state index contributed by atoms with van der Waals surface area (Å²) >= 11 is 0. The molecule has 0 atom stereocenters. The number of nitrogen functional groups attached to an aromatic ring is 1. The highest BCUT2D eigenvalue weighted by Crippen LogP contribution is 2.30. The summed E-state index contributed by atoms with van der Waals surface area (Å²) in [6.07, 6.45) is 0.897. The highest BCUT2D eigenvalue weighted by atomic mass is 19.1. The maximum Gasteiger partial charge on any atom is 0.145 e. The van der Waals surface area contributed by atoms with E-state index in [2.05, 4.69) is 0 Å². The highest BCUT2D eigenvalue weighted by molar-refractivity contribution is 5.56. The quantitative estimate of drug-likeness (QED) is 0.827. The number of aryl methyl sites for hydroxylation is 1. The number of hydrogen-bond donors (Lipinski definition) is 1. The van der Waals surface area contributed by atoms with Crippen molar-refractivity contribution in [3.63, 3.8) is 0 Å². The summed E-state index contributed by atoms with van der Waals surface area (Å²) in [7, 11) is 0. The van der Waals surface area contributed by atoms with Gasteiger partial charge in [0.1, 0.15) is 23.1 Å². The standard InChI is InChI=1S/C16H18FNO2/c1-3-8-19-16-10-13(6-7-15(16)18)20-12-5-4-11(2)14(17)9-12/h4-7,9-10H,3,8,18H2,1-2H3. The Morgan fingerprint density at radius 1 is 1.10 bits per heavy atom. The minimum absolute atomic E-state index is 0.291. The number of nitrogens with two attached hydrogens (primary N) is 1. The van der Waals surface area contributed by atoms with Crippen LogP contribution in [0.25, 0.3) is 0 Å². The summed E-state index contributed by atoms with van der Waals surface area (Å²) < 4.78 is 24.6. The molecule has 0 saturated carbocycles. The van der Waals surface area contributed by atoms with Crippen LogP contribution in [-0.4, -0.2) is 6.61 Å². The van der Waals surface area contributed by atoms with E-state index in [0.717, 1.165) is 6.42 Å². The van der Waals surface area contributed by atoms with E-state index in [4.69, 9.17) is 15.2 Å². The van der Waals surface area contributed by atoms with Crippen LogP contribution in [0.2, 0.25) is 0 Å². The molecule has 0 spiro atoms. The van der Waals surface area contributed by atoms with Crippen LogP contribution in [0, 0.1) is 12.7 Å². The van der Waals surface area contributed by atoms with E-state index in [0.29, 0.717) is 35.1 Å². The predicted molar refractivity (Wildman–Crippen MR) is 77.9 cm³/mol. The Morgan fingerprint density at radius 3 is 2.50 bits per heavy atom. The molecule has 0 aliphatic carbocycles. The van der Waals surface area contributed by atoms with E-state index in [-0.39, 0.29) is 5.82 Å². The molecule has 0 aliphatic rings. The molecule has 106 valence electrons. The van der Waals surface area contributed by atoms with Crippen molar-refractivity contribution < 1.29 is 13.9 Å². The first kappa shape index (κ1) is 14.2. The van der Waals surface area contributed by atoms with Gasteiger partial charge in [0.25, 0.3) is 0 Å². The van der Waals surface area contributed by atoms with Crippen LogP contribution < -0.4 is 15.2 Å². The van der Waals surface area contributed by atoms with Crippen LogP contribution in [-0.2, 0) is 0 Å². The molecule has 0 radical (unpaired) electrons. The molecule has 2 aromatic rings. The molecule has 0 aromatic heterocycles. The lowest BCUT2D eigenvalue weighted by molar-refractivity contribution is 0.317. The monoisotopic (exact) mass is 275 g/mol. The summed E-state index contributed by atoms with van der Waals surface area (Å²) in [4.78, 5) is 0. The van der Waals surface area contributed by atoms with E-state index in [9.17, 15) is 4.39 Å². The van der Waals surface area contributed by atoms with Gasteiger partial charge < -0.3 is 15.2 Å². The number of benzene rings is 2. The zero-order valence-corrected chi connectivity index (χ0v) is 11.7. The molecular weight excluding hydrogens is 257 g/mol. The molecule has 2 rings (SSSR count). The van der Waals surface area contributed by atoms with Gasteiger partial charge >= 0.3 is 0 Å². The third-order valence-electron chi connectivity index (χ3n) is 2.83. The maximum atomic E-state index is 13.5. The normalized spacial score (nSPS) is 10.3. The van der Waals surface area contributed by atoms with Crippen molar-refractivity contribution in [2.45, 2.75) is 20.3 Å². The molecule has 0 aliphatic heterocycles. The smallest absolute Gasteiger partial charge is 0.145 e. The Bertz CT molecular complexity index is 599. The van der Waals surface area contributed by atoms with Crippen molar-refractivity contribution in [3.8, 4) is 17.2 Å². The molecule has 0 heterocycles. The fraction of sp³-hybridized carbons (Fsp3) is 0.250. The van der Waals surface area contributed by atoms with Crippen LogP contribution in [0.1, 0.15) is 18.9 Å².